The van der Waals surface area contributed by atoms with Gasteiger partial charge in [0.2, 0.25) is 9.05 Å². The van der Waals surface area contributed by atoms with Gasteiger partial charge in [0.15, 0.2) is 0 Å². The van der Waals surface area contributed by atoms with Crippen molar-refractivity contribution >= 4 is 19.7 Å². The summed E-state index contributed by atoms with van der Waals surface area (Å²) in [5.74, 6) is 0.898. The Bertz CT molecular complexity index is 286. The molecular formula is C11H21ClO3S. The topological polar surface area (TPSA) is 43.4 Å². The first kappa shape index (κ1) is 14.3. The van der Waals surface area contributed by atoms with Gasteiger partial charge in [-0.3, -0.25) is 0 Å². The van der Waals surface area contributed by atoms with Gasteiger partial charge in [-0.15, -0.1) is 0 Å². The molecule has 0 aromatic carbocycles. The first-order valence-electron chi connectivity index (χ1n) is 6.01. The lowest BCUT2D eigenvalue weighted by Crippen LogP contribution is -2.19. The lowest BCUT2D eigenvalue weighted by molar-refractivity contribution is 0.0832. The number of rotatable bonds is 8. The molecule has 0 amide bonds. The summed E-state index contributed by atoms with van der Waals surface area (Å²) in [6.07, 6.45) is 5.92. The van der Waals surface area contributed by atoms with Gasteiger partial charge in [0, 0.05) is 17.3 Å². The van der Waals surface area contributed by atoms with Crippen molar-refractivity contribution in [3.05, 3.63) is 0 Å². The first-order valence-corrected chi connectivity index (χ1v) is 8.49. The van der Waals surface area contributed by atoms with Gasteiger partial charge in [0.05, 0.1) is 12.4 Å². The minimum absolute atomic E-state index is 0.0223. The summed E-state index contributed by atoms with van der Waals surface area (Å²) in [5.41, 5.74) is 0. The second-order valence-electron chi connectivity index (χ2n) is 4.64. The van der Waals surface area contributed by atoms with Crippen LogP contribution >= 0.6 is 10.7 Å². The van der Waals surface area contributed by atoms with E-state index in [0.29, 0.717) is 6.61 Å². The van der Waals surface area contributed by atoms with Gasteiger partial charge in [0.1, 0.15) is 0 Å². The molecule has 96 valence electrons. The molecule has 0 heterocycles. The van der Waals surface area contributed by atoms with Crippen LogP contribution in [0.15, 0.2) is 0 Å². The summed E-state index contributed by atoms with van der Waals surface area (Å²) in [4.78, 5) is 0. The van der Waals surface area contributed by atoms with Gasteiger partial charge in [0.25, 0.3) is 0 Å². The van der Waals surface area contributed by atoms with Gasteiger partial charge >= 0.3 is 0 Å². The summed E-state index contributed by atoms with van der Waals surface area (Å²) in [5, 5.41) is 0. The molecule has 0 aromatic rings. The van der Waals surface area contributed by atoms with Crippen molar-refractivity contribution in [1.29, 1.82) is 0 Å². The summed E-state index contributed by atoms with van der Waals surface area (Å²) in [6.45, 7) is 3.22. The Morgan fingerprint density at radius 1 is 1.44 bits per heavy atom. The Labute approximate surface area is 103 Å². The van der Waals surface area contributed by atoms with Crippen LogP contribution < -0.4 is 0 Å². The quantitative estimate of drug-likeness (QED) is 0.502. The maximum Gasteiger partial charge on any atom is 0.232 e. The molecule has 3 nitrogen and oxygen atoms in total. The summed E-state index contributed by atoms with van der Waals surface area (Å²) in [6, 6.07) is 0. The molecule has 16 heavy (non-hydrogen) atoms. The van der Waals surface area contributed by atoms with Crippen LogP contribution in [0.1, 0.15) is 39.0 Å². The van der Waals surface area contributed by atoms with Crippen LogP contribution in [0.2, 0.25) is 0 Å². The third kappa shape index (κ3) is 6.06. The second-order valence-corrected chi connectivity index (χ2v) is 7.46. The van der Waals surface area contributed by atoms with Crippen molar-refractivity contribution in [2.24, 2.45) is 11.8 Å². The van der Waals surface area contributed by atoms with Crippen molar-refractivity contribution in [3.63, 3.8) is 0 Å². The van der Waals surface area contributed by atoms with Gasteiger partial charge < -0.3 is 4.74 Å². The van der Waals surface area contributed by atoms with Gasteiger partial charge in [-0.1, -0.05) is 32.6 Å². The van der Waals surface area contributed by atoms with E-state index in [4.69, 9.17) is 15.4 Å². The Hall–Kier alpha value is 0.200. The van der Waals surface area contributed by atoms with Crippen LogP contribution in [0, 0.1) is 11.8 Å². The molecule has 0 aliphatic heterocycles. The van der Waals surface area contributed by atoms with E-state index >= 15 is 0 Å². The maximum atomic E-state index is 10.9. The Morgan fingerprint density at radius 2 is 2.12 bits per heavy atom. The standard InChI is InChI=1S/C11H21ClO3S/c1-2-10(9-16(12,13)14)8-15-7-6-11-4-3-5-11/h10-11H,2-9H2,1H3. The number of ether oxygens (including phenoxy) is 1. The van der Waals surface area contributed by atoms with Crippen molar-refractivity contribution in [2.75, 3.05) is 19.0 Å². The summed E-state index contributed by atoms with van der Waals surface area (Å²) < 4.78 is 27.3. The smallest absolute Gasteiger partial charge is 0.232 e. The van der Waals surface area contributed by atoms with E-state index in [9.17, 15) is 8.42 Å². The molecule has 5 heteroatoms. The molecule has 1 rings (SSSR count). The number of halogens is 1. The minimum atomic E-state index is -3.39. The SMILES string of the molecule is CCC(COCCC1CCC1)CS(=O)(=O)Cl. The highest BCUT2D eigenvalue weighted by molar-refractivity contribution is 8.13. The Morgan fingerprint density at radius 3 is 2.56 bits per heavy atom. The van der Waals surface area contributed by atoms with E-state index in [2.05, 4.69) is 0 Å². The summed E-state index contributed by atoms with van der Waals surface area (Å²) >= 11 is 0. The molecule has 1 aliphatic rings. The van der Waals surface area contributed by atoms with E-state index in [-0.39, 0.29) is 11.7 Å². The molecule has 0 aromatic heterocycles. The molecule has 1 aliphatic carbocycles. The molecule has 0 N–H and O–H groups in total. The highest BCUT2D eigenvalue weighted by Crippen LogP contribution is 2.29. The summed E-state index contributed by atoms with van der Waals surface area (Å²) in [7, 11) is 1.83. The van der Waals surface area contributed by atoms with Crippen LogP contribution in [0.3, 0.4) is 0 Å². The zero-order valence-electron chi connectivity index (χ0n) is 9.82. The zero-order chi connectivity index (χ0) is 12.0. The van der Waals surface area contributed by atoms with Gasteiger partial charge in [-0.2, -0.15) is 0 Å². The molecule has 1 saturated carbocycles. The molecule has 1 atom stereocenters. The second kappa shape index (κ2) is 6.82. The van der Waals surface area contributed by atoms with Gasteiger partial charge in [-0.05, 0) is 18.3 Å². The fraction of sp³-hybridized carbons (Fsp3) is 1.00. The molecule has 0 spiro atoms. The van der Waals surface area contributed by atoms with Gasteiger partial charge in [-0.25, -0.2) is 8.42 Å². The third-order valence-corrected chi connectivity index (χ3v) is 4.51. The van der Waals surface area contributed by atoms with Crippen molar-refractivity contribution in [1.82, 2.24) is 0 Å². The Kier molecular flexibility index (Phi) is 6.08. The fourth-order valence-electron chi connectivity index (χ4n) is 1.85. The van der Waals surface area contributed by atoms with E-state index in [1.54, 1.807) is 0 Å². The van der Waals surface area contributed by atoms with Crippen LogP contribution in [-0.2, 0) is 13.8 Å². The van der Waals surface area contributed by atoms with E-state index in [1.807, 2.05) is 6.92 Å². The minimum Gasteiger partial charge on any atom is -0.381 e. The average molecular weight is 269 g/mol. The van der Waals surface area contributed by atoms with Crippen molar-refractivity contribution in [2.45, 2.75) is 39.0 Å². The molecule has 0 saturated heterocycles. The zero-order valence-corrected chi connectivity index (χ0v) is 11.4. The third-order valence-electron chi connectivity index (χ3n) is 3.26. The first-order chi connectivity index (χ1) is 7.51. The molecule has 0 bridgehead atoms. The lowest BCUT2D eigenvalue weighted by atomic mass is 9.83. The van der Waals surface area contributed by atoms with E-state index in [1.165, 1.54) is 19.3 Å². The van der Waals surface area contributed by atoms with Crippen LogP contribution in [-0.4, -0.2) is 27.4 Å². The van der Waals surface area contributed by atoms with E-state index in [0.717, 1.165) is 25.4 Å². The van der Waals surface area contributed by atoms with Crippen molar-refractivity contribution in [3.8, 4) is 0 Å². The van der Waals surface area contributed by atoms with Crippen molar-refractivity contribution < 1.29 is 13.2 Å². The van der Waals surface area contributed by atoms with Crippen LogP contribution in [0.25, 0.3) is 0 Å². The predicted molar refractivity (Wildman–Crippen MR) is 66.2 cm³/mol. The van der Waals surface area contributed by atoms with Crippen LogP contribution in [0.4, 0.5) is 0 Å². The largest absolute Gasteiger partial charge is 0.381 e. The average Bonchev–Trinajstić information content (AvgIpc) is 2.10. The normalized spacial score (nSPS) is 19.4. The molecule has 1 unspecified atom stereocenters. The fourth-order valence-corrected chi connectivity index (χ4v) is 3.28. The highest BCUT2D eigenvalue weighted by Gasteiger charge is 2.18. The Balaban J connectivity index is 2.08. The molecular weight excluding hydrogens is 248 g/mol. The highest BCUT2D eigenvalue weighted by atomic mass is 35.7. The number of hydrogen-bond donors (Lipinski definition) is 0. The maximum absolute atomic E-state index is 10.9. The monoisotopic (exact) mass is 268 g/mol. The number of hydrogen-bond acceptors (Lipinski definition) is 3. The molecule has 1 fully saturated rings. The lowest BCUT2D eigenvalue weighted by Gasteiger charge is -2.25. The van der Waals surface area contributed by atoms with Crippen LogP contribution in [0.5, 0.6) is 0 Å². The molecule has 0 radical (unpaired) electrons. The van der Waals surface area contributed by atoms with E-state index < -0.39 is 9.05 Å². The predicted octanol–water partition coefficient (Wildman–Crippen LogP) is 2.79.